The quantitative estimate of drug-likeness (QED) is 0.867. The smallest absolute Gasteiger partial charge is 0.252 e. The van der Waals surface area contributed by atoms with Crippen LogP contribution in [0.2, 0.25) is 0 Å². The first-order valence-electron chi connectivity index (χ1n) is 7.92. The summed E-state index contributed by atoms with van der Waals surface area (Å²) in [5.41, 5.74) is 2.28. The Morgan fingerprint density at radius 2 is 2.17 bits per heavy atom. The molecule has 2 aromatic heterocycles. The van der Waals surface area contributed by atoms with E-state index in [-0.39, 0.29) is 42.8 Å². The first kappa shape index (κ1) is 20.7. The standard InChI is InChI=1S/C16H23N5O.2ClH/c1-10(2)21-15-14(9-18-21)13(7-11(3)19-15)16(22)20-12-5-4-6-17-8-12;;/h7,9-10,12,17H,4-6,8H2,1-3H3,(H,20,22);2*1H. The van der Waals surface area contributed by atoms with E-state index in [1.807, 2.05) is 17.7 Å². The number of halogens is 2. The minimum absolute atomic E-state index is 0. The van der Waals surface area contributed by atoms with Crippen molar-refractivity contribution in [2.24, 2.45) is 0 Å². The van der Waals surface area contributed by atoms with Crippen molar-refractivity contribution in [3.63, 3.8) is 0 Å². The predicted molar refractivity (Wildman–Crippen MR) is 101 cm³/mol. The molecule has 6 nitrogen and oxygen atoms in total. The number of aryl methyl sites for hydroxylation is 1. The molecule has 0 aliphatic carbocycles. The zero-order valence-corrected chi connectivity index (χ0v) is 15.8. The number of nitrogens with zero attached hydrogens (tertiary/aromatic N) is 3. The predicted octanol–water partition coefficient (Wildman–Crippen LogP) is 2.65. The van der Waals surface area contributed by atoms with Crippen LogP contribution in [0.4, 0.5) is 0 Å². The zero-order chi connectivity index (χ0) is 15.7. The molecule has 1 fully saturated rings. The Hall–Kier alpha value is -1.37. The molecule has 1 atom stereocenters. The molecule has 3 heterocycles. The van der Waals surface area contributed by atoms with Gasteiger partial charge in [0.15, 0.2) is 5.65 Å². The Balaban J connectivity index is 0.00000144. The molecule has 0 bridgehead atoms. The Kier molecular flexibility index (Phi) is 7.45. The molecule has 2 aromatic rings. The molecular weight excluding hydrogens is 349 g/mol. The number of nitrogens with one attached hydrogen (secondary N) is 2. The molecule has 0 spiro atoms. The topological polar surface area (TPSA) is 71.8 Å². The first-order valence-corrected chi connectivity index (χ1v) is 7.92. The highest BCUT2D eigenvalue weighted by Gasteiger charge is 2.20. The van der Waals surface area contributed by atoms with Crippen molar-refractivity contribution in [2.45, 2.75) is 45.7 Å². The van der Waals surface area contributed by atoms with E-state index < -0.39 is 0 Å². The summed E-state index contributed by atoms with van der Waals surface area (Å²) < 4.78 is 1.86. The fraction of sp³-hybridized carbons (Fsp3) is 0.562. The van der Waals surface area contributed by atoms with Gasteiger partial charge in [0.1, 0.15) is 0 Å². The highest BCUT2D eigenvalue weighted by atomic mass is 35.5. The number of aromatic nitrogens is 3. The van der Waals surface area contributed by atoms with Gasteiger partial charge in [-0.15, -0.1) is 24.8 Å². The van der Waals surface area contributed by atoms with Crippen LogP contribution in [-0.2, 0) is 0 Å². The van der Waals surface area contributed by atoms with Crippen molar-refractivity contribution in [1.29, 1.82) is 0 Å². The fourth-order valence-electron chi connectivity index (χ4n) is 2.95. The van der Waals surface area contributed by atoms with E-state index in [4.69, 9.17) is 0 Å². The second-order valence-corrected chi connectivity index (χ2v) is 6.25. The summed E-state index contributed by atoms with van der Waals surface area (Å²) in [6.45, 7) is 7.90. The van der Waals surface area contributed by atoms with Crippen LogP contribution in [0.5, 0.6) is 0 Å². The lowest BCUT2D eigenvalue weighted by molar-refractivity contribution is 0.0932. The molecule has 1 saturated heterocycles. The minimum Gasteiger partial charge on any atom is -0.348 e. The van der Waals surface area contributed by atoms with Crippen LogP contribution in [0.1, 0.15) is 48.8 Å². The number of rotatable bonds is 3. The van der Waals surface area contributed by atoms with Crippen LogP contribution >= 0.6 is 24.8 Å². The molecule has 1 amide bonds. The Labute approximate surface area is 154 Å². The number of carbonyl (C=O) groups is 1. The van der Waals surface area contributed by atoms with E-state index >= 15 is 0 Å². The summed E-state index contributed by atoms with van der Waals surface area (Å²) in [6, 6.07) is 2.26. The zero-order valence-electron chi connectivity index (χ0n) is 14.2. The maximum atomic E-state index is 12.7. The molecule has 0 aromatic carbocycles. The van der Waals surface area contributed by atoms with E-state index in [0.29, 0.717) is 5.56 Å². The third-order valence-corrected chi connectivity index (χ3v) is 4.06. The minimum atomic E-state index is -0.0347. The van der Waals surface area contributed by atoms with Gasteiger partial charge in [-0.2, -0.15) is 5.10 Å². The average molecular weight is 374 g/mol. The number of piperidine rings is 1. The average Bonchev–Trinajstić information content (AvgIpc) is 2.91. The fourth-order valence-corrected chi connectivity index (χ4v) is 2.95. The van der Waals surface area contributed by atoms with Gasteiger partial charge in [-0.3, -0.25) is 4.79 Å². The molecule has 0 radical (unpaired) electrons. The second-order valence-electron chi connectivity index (χ2n) is 6.25. The van der Waals surface area contributed by atoms with Crippen LogP contribution < -0.4 is 10.6 Å². The van der Waals surface area contributed by atoms with E-state index in [1.54, 1.807) is 6.20 Å². The van der Waals surface area contributed by atoms with Crippen LogP contribution in [0, 0.1) is 6.92 Å². The van der Waals surface area contributed by atoms with E-state index in [1.165, 1.54) is 0 Å². The Bertz CT molecular complexity index is 695. The number of carbonyl (C=O) groups excluding carboxylic acids is 1. The van der Waals surface area contributed by atoms with Gasteiger partial charge in [-0.05, 0) is 46.2 Å². The van der Waals surface area contributed by atoms with Crippen LogP contribution in [0.15, 0.2) is 12.3 Å². The largest absolute Gasteiger partial charge is 0.348 e. The molecule has 24 heavy (non-hydrogen) atoms. The van der Waals surface area contributed by atoms with Gasteiger partial charge in [0.25, 0.3) is 5.91 Å². The van der Waals surface area contributed by atoms with E-state index in [2.05, 4.69) is 34.6 Å². The van der Waals surface area contributed by atoms with Crippen molar-refractivity contribution in [3.05, 3.63) is 23.5 Å². The molecule has 1 unspecified atom stereocenters. The number of pyridine rings is 1. The molecule has 134 valence electrons. The van der Waals surface area contributed by atoms with Crippen molar-refractivity contribution in [3.8, 4) is 0 Å². The lowest BCUT2D eigenvalue weighted by Crippen LogP contribution is -2.45. The number of amides is 1. The maximum Gasteiger partial charge on any atom is 0.252 e. The lowest BCUT2D eigenvalue weighted by atomic mass is 10.1. The monoisotopic (exact) mass is 373 g/mol. The summed E-state index contributed by atoms with van der Waals surface area (Å²) in [7, 11) is 0. The SMILES string of the molecule is Cc1cc(C(=O)NC2CCCNC2)c2cnn(C(C)C)c2n1.Cl.Cl. The lowest BCUT2D eigenvalue weighted by Gasteiger charge is -2.24. The van der Waals surface area contributed by atoms with Gasteiger partial charge in [0.05, 0.1) is 17.1 Å². The van der Waals surface area contributed by atoms with Crippen LogP contribution in [0.3, 0.4) is 0 Å². The third kappa shape index (κ3) is 4.18. The molecule has 3 rings (SSSR count). The Morgan fingerprint density at radius 1 is 1.42 bits per heavy atom. The normalized spacial score (nSPS) is 17.2. The van der Waals surface area contributed by atoms with Crippen LogP contribution in [-0.4, -0.2) is 39.8 Å². The summed E-state index contributed by atoms with van der Waals surface area (Å²) in [6.07, 6.45) is 3.87. The summed E-state index contributed by atoms with van der Waals surface area (Å²) in [4.78, 5) is 17.2. The van der Waals surface area contributed by atoms with Crippen molar-refractivity contribution < 1.29 is 4.79 Å². The third-order valence-electron chi connectivity index (χ3n) is 4.06. The van der Waals surface area contributed by atoms with Gasteiger partial charge >= 0.3 is 0 Å². The van der Waals surface area contributed by atoms with Crippen molar-refractivity contribution in [1.82, 2.24) is 25.4 Å². The molecule has 1 aliphatic heterocycles. The number of hydrogen-bond acceptors (Lipinski definition) is 4. The van der Waals surface area contributed by atoms with Crippen molar-refractivity contribution in [2.75, 3.05) is 13.1 Å². The molecule has 1 aliphatic rings. The second kappa shape index (κ2) is 8.65. The highest BCUT2D eigenvalue weighted by molar-refractivity contribution is 6.05. The molecule has 2 N–H and O–H groups in total. The maximum absolute atomic E-state index is 12.7. The van der Waals surface area contributed by atoms with E-state index in [0.717, 1.165) is 42.7 Å². The van der Waals surface area contributed by atoms with Gasteiger partial charge in [-0.25, -0.2) is 9.67 Å². The van der Waals surface area contributed by atoms with Crippen molar-refractivity contribution >= 4 is 41.8 Å². The highest BCUT2D eigenvalue weighted by Crippen LogP contribution is 2.21. The van der Waals surface area contributed by atoms with Crippen LogP contribution in [0.25, 0.3) is 11.0 Å². The summed E-state index contributed by atoms with van der Waals surface area (Å²) >= 11 is 0. The van der Waals surface area contributed by atoms with Gasteiger partial charge in [-0.1, -0.05) is 0 Å². The van der Waals surface area contributed by atoms with E-state index in [9.17, 15) is 4.79 Å². The summed E-state index contributed by atoms with van der Waals surface area (Å²) in [5.74, 6) is -0.0347. The molecule has 8 heteroatoms. The number of hydrogen-bond donors (Lipinski definition) is 2. The van der Waals surface area contributed by atoms with Gasteiger partial charge in [0, 0.05) is 24.3 Å². The van der Waals surface area contributed by atoms with Gasteiger partial charge in [0.2, 0.25) is 0 Å². The van der Waals surface area contributed by atoms with Gasteiger partial charge < -0.3 is 10.6 Å². The molecule has 0 saturated carbocycles. The molecular formula is C16H25Cl2N5O. The first-order chi connectivity index (χ1) is 10.6. The number of fused-ring (bicyclic) bond motifs is 1. The Morgan fingerprint density at radius 3 is 2.79 bits per heavy atom. The summed E-state index contributed by atoms with van der Waals surface area (Å²) in [5, 5.41) is 11.7.